The molecule has 0 aromatic carbocycles. The topological polar surface area (TPSA) is 21.3 Å². The van der Waals surface area contributed by atoms with Gasteiger partial charge in [-0.15, -0.1) is 0 Å². The van der Waals surface area contributed by atoms with E-state index in [0.717, 1.165) is 6.54 Å². The third kappa shape index (κ3) is 3.11. The lowest BCUT2D eigenvalue weighted by atomic mass is 10.1. The molecule has 0 aromatic heterocycles. The molecule has 0 spiro atoms. The van der Waals surface area contributed by atoms with Gasteiger partial charge in [0.05, 0.1) is 11.7 Å². The summed E-state index contributed by atoms with van der Waals surface area (Å²) >= 11 is 0. The molecule has 0 bridgehead atoms. The Morgan fingerprint density at radius 1 is 1.42 bits per heavy atom. The van der Waals surface area contributed by atoms with Crippen molar-refractivity contribution in [2.45, 2.75) is 58.3 Å². The van der Waals surface area contributed by atoms with Gasteiger partial charge in [0.15, 0.2) is 0 Å². The van der Waals surface area contributed by atoms with Crippen LogP contribution in [0.15, 0.2) is 0 Å². The molecule has 0 amide bonds. The van der Waals surface area contributed by atoms with Crippen LogP contribution in [0.5, 0.6) is 0 Å². The summed E-state index contributed by atoms with van der Waals surface area (Å²) in [6.45, 7) is 9.64. The molecule has 1 heterocycles. The highest BCUT2D eigenvalue weighted by Gasteiger charge is 2.25. The van der Waals surface area contributed by atoms with E-state index in [0.29, 0.717) is 12.1 Å². The third-order valence-electron chi connectivity index (χ3n) is 2.20. The highest BCUT2D eigenvalue weighted by Crippen LogP contribution is 2.17. The highest BCUT2D eigenvalue weighted by atomic mass is 16.5. The van der Waals surface area contributed by atoms with E-state index in [1.165, 1.54) is 12.8 Å². The second-order valence-corrected chi connectivity index (χ2v) is 4.64. The Balaban J connectivity index is 2.31. The molecule has 0 unspecified atom stereocenters. The summed E-state index contributed by atoms with van der Waals surface area (Å²) in [5.41, 5.74) is -0.0102. The Kier molecular flexibility index (Phi) is 3.13. The zero-order chi connectivity index (χ0) is 9.19. The first kappa shape index (κ1) is 10.0. The van der Waals surface area contributed by atoms with Crippen molar-refractivity contribution in [3.63, 3.8) is 0 Å². The fraction of sp³-hybridized carbons (Fsp3) is 1.00. The van der Waals surface area contributed by atoms with Gasteiger partial charge in [0, 0.05) is 6.04 Å². The Morgan fingerprint density at radius 2 is 2.08 bits per heavy atom. The zero-order valence-electron chi connectivity index (χ0n) is 8.68. The number of nitrogens with one attached hydrogen (secondary N) is 1. The van der Waals surface area contributed by atoms with Crippen LogP contribution in [0.1, 0.15) is 40.5 Å². The summed E-state index contributed by atoms with van der Waals surface area (Å²) < 4.78 is 5.86. The lowest BCUT2D eigenvalue weighted by Gasteiger charge is -2.28. The number of ether oxygens (including phenoxy) is 1. The average molecular weight is 171 g/mol. The third-order valence-corrected chi connectivity index (χ3v) is 2.20. The van der Waals surface area contributed by atoms with E-state index in [1.54, 1.807) is 0 Å². The monoisotopic (exact) mass is 171 g/mol. The smallest absolute Gasteiger partial charge is 0.0707 e. The Bertz CT molecular complexity index is 133. The molecular formula is C10H21NO. The molecule has 0 saturated carbocycles. The first-order valence-corrected chi connectivity index (χ1v) is 4.90. The van der Waals surface area contributed by atoms with Crippen molar-refractivity contribution in [3.8, 4) is 0 Å². The maximum Gasteiger partial charge on any atom is 0.0707 e. The van der Waals surface area contributed by atoms with Gasteiger partial charge >= 0.3 is 0 Å². The summed E-state index contributed by atoms with van der Waals surface area (Å²) in [6, 6.07) is 0.573. The Morgan fingerprint density at radius 3 is 2.50 bits per heavy atom. The molecule has 1 rings (SSSR count). The zero-order valence-corrected chi connectivity index (χ0v) is 8.68. The summed E-state index contributed by atoms with van der Waals surface area (Å²) in [6.07, 6.45) is 2.90. The van der Waals surface area contributed by atoms with Crippen molar-refractivity contribution >= 4 is 0 Å². The van der Waals surface area contributed by atoms with E-state index in [9.17, 15) is 0 Å². The maximum absolute atomic E-state index is 5.86. The normalized spacial score (nSPS) is 27.5. The van der Waals surface area contributed by atoms with Gasteiger partial charge in [0.2, 0.25) is 0 Å². The predicted molar refractivity (Wildman–Crippen MR) is 51.3 cm³/mol. The van der Waals surface area contributed by atoms with Gasteiger partial charge in [-0.2, -0.15) is 0 Å². The molecule has 2 atom stereocenters. The van der Waals surface area contributed by atoms with E-state index in [-0.39, 0.29) is 5.60 Å². The first-order chi connectivity index (χ1) is 5.49. The largest absolute Gasteiger partial charge is 0.371 e. The standard InChI is InChI=1S/C10H21NO/c1-8(12-10(2,3)4)9-6-5-7-11-9/h8-9,11H,5-7H2,1-4H3/t8-,9+/m1/s1. The quantitative estimate of drug-likeness (QED) is 0.685. The summed E-state index contributed by atoms with van der Waals surface area (Å²) in [4.78, 5) is 0. The molecule has 1 aliphatic rings. The van der Waals surface area contributed by atoms with Gasteiger partial charge in [-0.3, -0.25) is 0 Å². The summed E-state index contributed by atoms with van der Waals surface area (Å²) in [7, 11) is 0. The van der Waals surface area contributed by atoms with Crippen LogP contribution in [0.25, 0.3) is 0 Å². The predicted octanol–water partition coefficient (Wildman–Crippen LogP) is 1.94. The summed E-state index contributed by atoms with van der Waals surface area (Å²) in [5, 5.41) is 3.45. The minimum atomic E-state index is -0.0102. The van der Waals surface area contributed by atoms with Crippen LogP contribution < -0.4 is 5.32 Å². The van der Waals surface area contributed by atoms with Crippen molar-refractivity contribution in [2.24, 2.45) is 0 Å². The van der Waals surface area contributed by atoms with Gasteiger partial charge < -0.3 is 10.1 Å². The van der Waals surface area contributed by atoms with Gasteiger partial charge in [-0.1, -0.05) is 0 Å². The molecule has 0 aromatic rings. The number of hydrogen-bond acceptors (Lipinski definition) is 2. The fourth-order valence-corrected chi connectivity index (χ4v) is 1.75. The Labute approximate surface area is 75.7 Å². The molecule has 2 nitrogen and oxygen atoms in total. The van der Waals surface area contributed by atoms with Crippen molar-refractivity contribution in [2.75, 3.05) is 6.54 Å². The second-order valence-electron chi connectivity index (χ2n) is 4.64. The van der Waals surface area contributed by atoms with E-state index < -0.39 is 0 Å². The number of hydrogen-bond donors (Lipinski definition) is 1. The van der Waals surface area contributed by atoms with Crippen molar-refractivity contribution in [1.29, 1.82) is 0 Å². The average Bonchev–Trinajstić information content (AvgIpc) is 2.32. The molecule has 12 heavy (non-hydrogen) atoms. The highest BCUT2D eigenvalue weighted by molar-refractivity contribution is 4.81. The van der Waals surface area contributed by atoms with Crippen molar-refractivity contribution < 1.29 is 4.74 Å². The van der Waals surface area contributed by atoms with Crippen LogP contribution in [-0.4, -0.2) is 24.3 Å². The van der Waals surface area contributed by atoms with Gasteiger partial charge in [-0.25, -0.2) is 0 Å². The van der Waals surface area contributed by atoms with E-state index in [1.807, 2.05) is 0 Å². The summed E-state index contributed by atoms with van der Waals surface area (Å²) in [5.74, 6) is 0. The van der Waals surface area contributed by atoms with Gasteiger partial charge in [0.25, 0.3) is 0 Å². The van der Waals surface area contributed by atoms with Crippen LogP contribution in [0.4, 0.5) is 0 Å². The lowest BCUT2D eigenvalue weighted by Crippen LogP contribution is -2.39. The molecule has 1 fully saturated rings. The fourth-order valence-electron chi connectivity index (χ4n) is 1.75. The second kappa shape index (κ2) is 3.75. The van der Waals surface area contributed by atoms with Crippen LogP contribution in [0.3, 0.4) is 0 Å². The lowest BCUT2D eigenvalue weighted by molar-refractivity contribution is -0.0637. The van der Waals surface area contributed by atoms with E-state index in [4.69, 9.17) is 4.74 Å². The van der Waals surface area contributed by atoms with Gasteiger partial charge in [0.1, 0.15) is 0 Å². The molecule has 0 radical (unpaired) electrons. The molecule has 72 valence electrons. The van der Waals surface area contributed by atoms with Crippen LogP contribution in [0, 0.1) is 0 Å². The molecule has 0 aliphatic carbocycles. The van der Waals surface area contributed by atoms with Crippen LogP contribution >= 0.6 is 0 Å². The van der Waals surface area contributed by atoms with Gasteiger partial charge in [-0.05, 0) is 47.1 Å². The van der Waals surface area contributed by atoms with E-state index in [2.05, 4.69) is 33.0 Å². The van der Waals surface area contributed by atoms with Crippen LogP contribution in [0.2, 0.25) is 0 Å². The minimum Gasteiger partial charge on any atom is -0.371 e. The SMILES string of the molecule is C[C@@H](OC(C)(C)C)[C@@H]1CCCN1. The molecule has 2 heteroatoms. The van der Waals surface area contributed by atoms with Crippen LogP contribution in [-0.2, 0) is 4.74 Å². The minimum absolute atomic E-state index is 0.0102. The first-order valence-electron chi connectivity index (χ1n) is 4.90. The Hall–Kier alpha value is -0.0800. The number of rotatable bonds is 2. The van der Waals surface area contributed by atoms with E-state index >= 15 is 0 Å². The maximum atomic E-state index is 5.86. The molecule has 1 aliphatic heterocycles. The molecular weight excluding hydrogens is 150 g/mol. The van der Waals surface area contributed by atoms with Crippen molar-refractivity contribution in [3.05, 3.63) is 0 Å². The molecule has 1 saturated heterocycles. The van der Waals surface area contributed by atoms with Crippen molar-refractivity contribution in [1.82, 2.24) is 5.32 Å². The molecule has 1 N–H and O–H groups in total.